The number of carbonyl (C=O) groups is 2. The Morgan fingerprint density at radius 1 is 1.07 bits per heavy atom. The van der Waals surface area contributed by atoms with Gasteiger partial charge in [-0.1, -0.05) is 6.07 Å². The molecule has 2 aromatic carbocycles. The van der Waals surface area contributed by atoms with E-state index in [4.69, 9.17) is 17.0 Å². The normalized spacial score (nSPS) is 10.0. The first-order valence-electron chi connectivity index (χ1n) is 8.37. The average Bonchev–Trinajstić information content (AvgIpc) is 2.63. The van der Waals surface area contributed by atoms with E-state index in [0.29, 0.717) is 40.2 Å². The largest absolute Gasteiger partial charge is 0.493 e. The zero-order chi connectivity index (χ0) is 19.8. The summed E-state index contributed by atoms with van der Waals surface area (Å²) in [5.74, 6) is 0.142. The third-order valence-corrected chi connectivity index (χ3v) is 4.26. The van der Waals surface area contributed by atoms with Crippen molar-refractivity contribution in [1.82, 2.24) is 10.6 Å². The van der Waals surface area contributed by atoms with Crippen LogP contribution >= 0.6 is 28.1 Å². The van der Waals surface area contributed by atoms with Crippen molar-refractivity contribution in [1.29, 1.82) is 0 Å². The number of benzene rings is 2. The Morgan fingerprint density at radius 2 is 1.81 bits per heavy atom. The molecule has 0 saturated carbocycles. The highest BCUT2D eigenvalue weighted by molar-refractivity contribution is 9.10. The van der Waals surface area contributed by atoms with Crippen molar-refractivity contribution in [2.24, 2.45) is 0 Å². The third-order valence-electron chi connectivity index (χ3n) is 3.44. The molecule has 2 rings (SSSR count). The van der Waals surface area contributed by atoms with Crippen molar-refractivity contribution < 1.29 is 14.3 Å². The first-order valence-corrected chi connectivity index (χ1v) is 9.57. The van der Waals surface area contributed by atoms with E-state index in [-0.39, 0.29) is 16.9 Å². The molecule has 0 unspecified atom stereocenters. The summed E-state index contributed by atoms with van der Waals surface area (Å²) in [7, 11) is 0. The van der Waals surface area contributed by atoms with Crippen LogP contribution in [0.2, 0.25) is 0 Å². The number of ether oxygens (including phenoxy) is 1. The second kappa shape index (κ2) is 10.0. The molecule has 0 aliphatic carbocycles. The molecule has 0 spiro atoms. The van der Waals surface area contributed by atoms with Gasteiger partial charge in [0, 0.05) is 23.4 Å². The molecule has 6 nitrogen and oxygen atoms in total. The van der Waals surface area contributed by atoms with Gasteiger partial charge in [-0.05, 0) is 78.4 Å². The van der Waals surface area contributed by atoms with Crippen molar-refractivity contribution in [2.45, 2.75) is 13.8 Å². The molecule has 0 radical (unpaired) electrons. The van der Waals surface area contributed by atoms with E-state index in [2.05, 4.69) is 31.9 Å². The van der Waals surface area contributed by atoms with E-state index in [1.807, 2.05) is 13.8 Å². The fourth-order valence-corrected chi connectivity index (χ4v) is 2.96. The zero-order valence-electron chi connectivity index (χ0n) is 15.0. The maximum Gasteiger partial charge on any atom is 0.257 e. The minimum absolute atomic E-state index is 0.137. The number of rotatable bonds is 6. The van der Waals surface area contributed by atoms with Crippen LogP contribution in [0, 0.1) is 0 Å². The molecule has 0 fully saturated rings. The highest BCUT2D eigenvalue weighted by atomic mass is 79.9. The number of hydrogen-bond acceptors (Lipinski definition) is 4. The molecular formula is C19H20BrN3O3S. The number of anilines is 1. The van der Waals surface area contributed by atoms with Gasteiger partial charge in [-0.2, -0.15) is 0 Å². The summed E-state index contributed by atoms with van der Waals surface area (Å²) in [6, 6.07) is 11.9. The SMILES string of the molecule is CCNC(=O)c1cccc(NC(=S)NC(=O)c2ccc(OCC)c(Br)c2)c1. The predicted octanol–water partition coefficient (Wildman–Crippen LogP) is 3.72. The van der Waals surface area contributed by atoms with Gasteiger partial charge >= 0.3 is 0 Å². The molecule has 0 heterocycles. The van der Waals surface area contributed by atoms with Crippen molar-refractivity contribution in [3.63, 3.8) is 0 Å². The molecule has 0 aromatic heterocycles. The van der Waals surface area contributed by atoms with Gasteiger partial charge in [0.05, 0.1) is 11.1 Å². The lowest BCUT2D eigenvalue weighted by Crippen LogP contribution is -2.34. The first kappa shape index (κ1) is 20.9. The van der Waals surface area contributed by atoms with Gasteiger partial charge in [0.1, 0.15) is 5.75 Å². The highest BCUT2D eigenvalue weighted by Crippen LogP contribution is 2.26. The Balaban J connectivity index is 2.01. The minimum atomic E-state index is -0.351. The third kappa shape index (κ3) is 6.04. The zero-order valence-corrected chi connectivity index (χ0v) is 17.4. The minimum Gasteiger partial charge on any atom is -0.493 e. The number of thiocarbonyl (C=S) groups is 1. The molecule has 3 N–H and O–H groups in total. The van der Waals surface area contributed by atoms with Gasteiger partial charge in [0.25, 0.3) is 11.8 Å². The Labute approximate surface area is 171 Å². The lowest BCUT2D eigenvalue weighted by Gasteiger charge is -2.12. The fourth-order valence-electron chi connectivity index (χ4n) is 2.25. The first-order chi connectivity index (χ1) is 12.9. The molecule has 0 aliphatic rings. The van der Waals surface area contributed by atoms with Crippen LogP contribution in [0.25, 0.3) is 0 Å². The summed E-state index contributed by atoms with van der Waals surface area (Å²) in [4.78, 5) is 24.3. The van der Waals surface area contributed by atoms with Crippen molar-refractivity contribution in [2.75, 3.05) is 18.5 Å². The summed E-state index contributed by atoms with van der Waals surface area (Å²) in [5.41, 5.74) is 1.55. The van der Waals surface area contributed by atoms with E-state index < -0.39 is 0 Å². The molecule has 8 heteroatoms. The maximum absolute atomic E-state index is 12.4. The van der Waals surface area contributed by atoms with E-state index in [0.717, 1.165) is 0 Å². The van der Waals surface area contributed by atoms with E-state index in [1.165, 1.54) is 0 Å². The molecule has 142 valence electrons. The van der Waals surface area contributed by atoms with E-state index in [1.54, 1.807) is 42.5 Å². The second-order valence-corrected chi connectivity index (χ2v) is 6.69. The number of nitrogens with one attached hydrogen (secondary N) is 3. The topological polar surface area (TPSA) is 79.5 Å². The van der Waals surface area contributed by atoms with Crippen LogP contribution in [0.5, 0.6) is 5.75 Å². The van der Waals surface area contributed by atoms with Crippen LogP contribution in [-0.2, 0) is 0 Å². The molecular weight excluding hydrogens is 430 g/mol. The monoisotopic (exact) mass is 449 g/mol. The van der Waals surface area contributed by atoms with Crippen LogP contribution in [0.4, 0.5) is 5.69 Å². The molecule has 0 saturated heterocycles. The Kier molecular flexibility index (Phi) is 7.75. The molecule has 0 atom stereocenters. The lowest BCUT2D eigenvalue weighted by atomic mass is 10.2. The Hall–Kier alpha value is -2.45. The van der Waals surface area contributed by atoms with Crippen LogP contribution in [-0.4, -0.2) is 30.1 Å². The molecule has 0 aliphatic heterocycles. The summed E-state index contributed by atoms with van der Waals surface area (Å²) >= 11 is 8.57. The quantitative estimate of drug-likeness (QED) is 0.585. The van der Waals surface area contributed by atoms with Gasteiger partial charge in [-0.15, -0.1) is 0 Å². The molecule has 27 heavy (non-hydrogen) atoms. The summed E-state index contributed by atoms with van der Waals surface area (Å²) < 4.78 is 6.12. The number of hydrogen-bond donors (Lipinski definition) is 3. The van der Waals surface area contributed by atoms with Gasteiger partial charge in [-0.25, -0.2) is 0 Å². The lowest BCUT2D eigenvalue weighted by molar-refractivity contribution is 0.0953. The maximum atomic E-state index is 12.4. The average molecular weight is 450 g/mol. The van der Waals surface area contributed by atoms with E-state index >= 15 is 0 Å². The number of amides is 2. The van der Waals surface area contributed by atoms with Gasteiger partial charge < -0.3 is 15.4 Å². The fraction of sp³-hybridized carbons (Fsp3) is 0.211. The van der Waals surface area contributed by atoms with Gasteiger partial charge in [0.2, 0.25) is 0 Å². The summed E-state index contributed by atoms with van der Waals surface area (Å²) in [6.45, 7) is 4.82. The summed E-state index contributed by atoms with van der Waals surface area (Å²) in [5, 5.41) is 8.39. The van der Waals surface area contributed by atoms with Crippen molar-refractivity contribution >= 4 is 50.8 Å². The van der Waals surface area contributed by atoms with Gasteiger partial charge in [-0.3, -0.25) is 14.9 Å². The Morgan fingerprint density at radius 3 is 2.48 bits per heavy atom. The smallest absolute Gasteiger partial charge is 0.257 e. The second-order valence-electron chi connectivity index (χ2n) is 5.43. The highest BCUT2D eigenvalue weighted by Gasteiger charge is 2.11. The number of halogens is 1. The van der Waals surface area contributed by atoms with Crippen LogP contribution in [0.15, 0.2) is 46.9 Å². The van der Waals surface area contributed by atoms with E-state index in [9.17, 15) is 9.59 Å². The van der Waals surface area contributed by atoms with Crippen LogP contribution in [0.1, 0.15) is 34.6 Å². The molecule has 2 aromatic rings. The summed E-state index contributed by atoms with van der Waals surface area (Å²) in [6.07, 6.45) is 0. The standard InChI is InChI=1S/C19H20BrN3O3S/c1-3-21-17(24)12-6-5-7-14(10-12)22-19(27)23-18(25)13-8-9-16(26-4-2)15(20)11-13/h5-11H,3-4H2,1-2H3,(H,21,24)(H2,22,23,25,27). The number of carbonyl (C=O) groups excluding carboxylic acids is 2. The van der Waals surface area contributed by atoms with Gasteiger partial charge in [0.15, 0.2) is 5.11 Å². The molecule has 2 amide bonds. The molecule has 0 bridgehead atoms. The van der Waals surface area contributed by atoms with Crippen molar-refractivity contribution in [3.05, 3.63) is 58.1 Å². The Bertz CT molecular complexity index is 858. The predicted molar refractivity (Wildman–Crippen MR) is 113 cm³/mol. The van der Waals surface area contributed by atoms with Crippen LogP contribution < -0.4 is 20.7 Å². The van der Waals surface area contributed by atoms with Crippen molar-refractivity contribution in [3.8, 4) is 5.75 Å². The van der Waals surface area contributed by atoms with Crippen LogP contribution in [0.3, 0.4) is 0 Å².